The van der Waals surface area contributed by atoms with Crippen molar-refractivity contribution in [3.05, 3.63) is 28.6 Å². The van der Waals surface area contributed by atoms with Gasteiger partial charge in [0.1, 0.15) is 11.8 Å². The van der Waals surface area contributed by atoms with Crippen LogP contribution in [0.5, 0.6) is 5.75 Å². The molecule has 2 N–H and O–H groups in total. The molecule has 2 aromatic rings. The molecule has 2 rings (SSSR count). The van der Waals surface area contributed by atoms with Gasteiger partial charge in [0.05, 0.1) is 12.0 Å². The van der Waals surface area contributed by atoms with Crippen LogP contribution in [0, 0.1) is 6.92 Å². The molecule has 1 heterocycles. The Kier molecular flexibility index (Phi) is 5.15. The van der Waals surface area contributed by atoms with Crippen LogP contribution in [0.4, 0.5) is 8.78 Å². The number of halogens is 2. The molecule has 0 aliphatic carbocycles. The van der Waals surface area contributed by atoms with Gasteiger partial charge in [0.25, 0.3) is 5.91 Å². The van der Waals surface area contributed by atoms with Gasteiger partial charge >= 0.3 is 5.97 Å². The SMILES string of the molecule is COc1ccc2sc(C(=O)NC(CC(F)F)C(=O)O)c(C)c2c1. The van der Waals surface area contributed by atoms with Crippen molar-refractivity contribution in [3.8, 4) is 5.75 Å². The molecule has 8 heteroatoms. The summed E-state index contributed by atoms with van der Waals surface area (Å²) in [6.45, 7) is 1.72. The van der Waals surface area contributed by atoms with Crippen molar-refractivity contribution in [1.82, 2.24) is 5.32 Å². The van der Waals surface area contributed by atoms with E-state index in [1.54, 1.807) is 25.1 Å². The maximum Gasteiger partial charge on any atom is 0.326 e. The minimum atomic E-state index is -2.82. The molecule has 0 aliphatic heterocycles. The van der Waals surface area contributed by atoms with E-state index in [2.05, 4.69) is 5.32 Å². The number of ether oxygens (including phenoxy) is 1. The Bertz CT molecular complexity index is 744. The number of hydrogen-bond donors (Lipinski definition) is 2. The first-order chi connectivity index (χ1) is 10.8. The number of benzene rings is 1. The highest BCUT2D eigenvalue weighted by Gasteiger charge is 2.26. The first kappa shape index (κ1) is 17.1. The molecule has 0 aliphatic rings. The Morgan fingerprint density at radius 1 is 1.39 bits per heavy atom. The lowest BCUT2D eigenvalue weighted by molar-refractivity contribution is -0.140. The molecule has 5 nitrogen and oxygen atoms in total. The summed E-state index contributed by atoms with van der Waals surface area (Å²) in [5, 5.41) is 11.9. The molecule has 1 amide bonds. The Morgan fingerprint density at radius 3 is 2.65 bits per heavy atom. The summed E-state index contributed by atoms with van der Waals surface area (Å²) >= 11 is 1.18. The fourth-order valence-corrected chi connectivity index (χ4v) is 3.26. The quantitative estimate of drug-likeness (QED) is 0.845. The van der Waals surface area contributed by atoms with Crippen LogP contribution in [-0.4, -0.2) is 36.6 Å². The Hall–Kier alpha value is -2.22. The van der Waals surface area contributed by atoms with E-state index in [9.17, 15) is 18.4 Å². The maximum atomic E-state index is 12.4. The standard InChI is InChI=1S/C15H15F2NO4S/c1-7-9-5-8(22-2)3-4-11(9)23-13(7)14(19)18-10(15(20)21)6-12(16)17/h3-5,10,12H,6H2,1-2H3,(H,18,19)(H,20,21). The number of methoxy groups -OCH3 is 1. The number of carbonyl (C=O) groups is 2. The number of hydrogen-bond acceptors (Lipinski definition) is 4. The summed E-state index contributed by atoms with van der Waals surface area (Å²) in [5.41, 5.74) is 0.655. The number of nitrogens with one attached hydrogen (secondary N) is 1. The number of carboxylic acids is 1. The van der Waals surface area contributed by atoms with Gasteiger partial charge in [-0.25, -0.2) is 13.6 Å². The highest BCUT2D eigenvalue weighted by Crippen LogP contribution is 2.33. The van der Waals surface area contributed by atoms with Gasteiger partial charge in [0, 0.05) is 11.1 Å². The van der Waals surface area contributed by atoms with Gasteiger partial charge in [-0.05, 0) is 36.1 Å². The number of aryl methyl sites for hydroxylation is 1. The van der Waals surface area contributed by atoms with Gasteiger partial charge in [-0.3, -0.25) is 4.79 Å². The van der Waals surface area contributed by atoms with Crippen molar-refractivity contribution in [2.24, 2.45) is 0 Å². The summed E-state index contributed by atoms with van der Waals surface area (Å²) in [7, 11) is 1.53. The number of fused-ring (bicyclic) bond motifs is 1. The molecule has 0 spiro atoms. The third kappa shape index (κ3) is 3.76. The molecule has 1 aromatic heterocycles. The third-order valence-electron chi connectivity index (χ3n) is 3.37. The van der Waals surface area contributed by atoms with Crippen molar-refractivity contribution >= 4 is 33.3 Å². The van der Waals surface area contributed by atoms with E-state index in [1.807, 2.05) is 0 Å². The summed E-state index contributed by atoms with van der Waals surface area (Å²) in [5.74, 6) is -1.53. The van der Waals surface area contributed by atoms with Crippen LogP contribution in [0.3, 0.4) is 0 Å². The zero-order valence-electron chi connectivity index (χ0n) is 12.4. The van der Waals surface area contributed by atoms with Crippen LogP contribution in [0.25, 0.3) is 10.1 Å². The average Bonchev–Trinajstić information content (AvgIpc) is 2.82. The topological polar surface area (TPSA) is 75.6 Å². The van der Waals surface area contributed by atoms with Crippen LogP contribution in [0.2, 0.25) is 0 Å². The first-order valence-corrected chi connectivity index (χ1v) is 7.54. The molecular weight excluding hydrogens is 328 g/mol. The number of aliphatic carboxylic acids is 1. The first-order valence-electron chi connectivity index (χ1n) is 6.72. The van der Waals surface area contributed by atoms with E-state index in [0.29, 0.717) is 16.2 Å². The van der Waals surface area contributed by atoms with E-state index < -0.39 is 30.8 Å². The number of rotatable bonds is 6. The van der Waals surface area contributed by atoms with Crippen LogP contribution in [-0.2, 0) is 4.79 Å². The minimum Gasteiger partial charge on any atom is -0.497 e. The molecule has 124 valence electrons. The molecule has 1 unspecified atom stereocenters. The smallest absolute Gasteiger partial charge is 0.326 e. The molecular formula is C15H15F2NO4S. The summed E-state index contributed by atoms with van der Waals surface area (Å²) in [4.78, 5) is 23.5. The van der Waals surface area contributed by atoms with Gasteiger partial charge in [-0.2, -0.15) is 0 Å². The molecule has 0 saturated carbocycles. The minimum absolute atomic E-state index is 0.300. The van der Waals surface area contributed by atoms with Crippen LogP contribution in [0.1, 0.15) is 21.7 Å². The predicted molar refractivity (Wildman–Crippen MR) is 82.6 cm³/mol. The molecule has 1 aromatic carbocycles. The van der Waals surface area contributed by atoms with Crippen LogP contribution in [0.15, 0.2) is 18.2 Å². The number of amides is 1. The van der Waals surface area contributed by atoms with Crippen molar-refractivity contribution in [3.63, 3.8) is 0 Å². The van der Waals surface area contributed by atoms with Crippen molar-refractivity contribution in [2.45, 2.75) is 25.8 Å². The van der Waals surface area contributed by atoms with Crippen LogP contribution >= 0.6 is 11.3 Å². The molecule has 1 atom stereocenters. The zero-order chi connectivity index (χ0) is 17.1. The van der Waals surface area contributed by atoms with Gasteiger partial charge in [-0.15, -0.1) is 11.3 Å². The zero-order valence-corrected chi connectivity index (χ0v) is 13.2. The lowest BCUT2D eigenvalue weighted by Gasteiger charge is -2.13. The second kappa shape index (κ2) is 6.91. The Labute approximate surface area is 134 Å². The van der Waals surface area contributed by atoms with E-state index >= 15 is 0 Å². The van der Waals surface area contributed by atoms with Crippen molar-refractivity contribution < 1.29 is 28.2 Å². The van der Waals surface area contributed by atoms with E-state index in [1.165, 1.54) is 18.4 Å². The predicted octanol–water partition coefficient (Wildman–Crippen LogP) is 3.06. The van der Waals surface area contributed by atoms with Gasteiger partial charge in [0.15, 0.2) is 0 Å². The van der Waals surface area contributed by atoms with Gasteiger partial charge in [0.2, 0.25) is 6.43 Å². The van der Waals surface area contributed by atoms with E-state index in [4.69, 9.17) is 9.84 Å². The number of thiophene rings is 1. The van der Waals surface area contributed by atoms with E-state index in [-0.39, 0.29) is 0 Å². The highest BCUT2D eigenvalue weighted by molar-refractivity contribution is 7.21. The number of alkyl halides is 2. The average molecular weight is 343 g/mol. The van der Waals surface area contributed by atoms with Gasteiger partial charge in [-0.1, -0.05) is 0 Å². The fourth-order valence-electron chi connectivity index (χ4n) is 2.17. The lowest BCUT2D eigenvalue weighted by atomic mass is 10.1. The summed E-state index contributed by atoms with van der Waals surface area (Å²) < 4.78 is 30.8. The fraction of sp³-hybridized carbons (Fsp3) is 0.333. The largest absolute Gasteiger partial charge is 0.497 e. The molecule has 23 heavy (non-hydrogen) atoms. The molecule has 0 radical (unpaired) electrons. The van der Waals surface area contributed by atoms with Crippen LogP contribution < -0.4 is 10.1 Å². The number of carboxylic acid groups (broad SMARTS) is 1. The second-order valence-corrected chi connectivity index (χ2v) is 5.96. The monoisotopic (exact) mass is 343 g/mol. The second-order valence-electron chi connectivity index (χ2n) is 4.91. The number of carbonyl (C=O) groups excluding carboxylic acids is 1. The maximum absolute atomic E-state index is 12.4. The molecule has 0 bridgehead atoms. The Balaban J connectivity index is 2.30. The van der Waals surface area contributed by atoms with Crippen molar-refractivity contribution in [2.75, 3.05) is 7.11 Å². The van der Waals surface area contributed by atoms with Gasteiger partial charge < -0.3 is 15.2 Å². The summed E-state index contributed by atoms with van der Waals surface area (Å²) in [6.07, 6.45) is -3.75. The lowest BCUT2D eigenvalue weighted by Crippen LogP contribution is -2.41. The summed E-state index contributed by atoms with van der Waals surface area (Å²) in [6, 6.07) is 3.68. The highest BCUT2D eigenvalue weighted by atomic mass is 32.1. The van der Waals surface area contributed by atoms with Crippen molar-refractivity contribution in [1.29, 1.82) is 0 Å². The normalized spacial score (nSPS) is 12.4. The third-order valence-corrected chi connectivity index (χ3v) is 4.64. The van der Waals surface area contributed by atoms with E-state index in [0.717, 1.165) is 10.1 Å². The molecule has 0 fully saturated rings. The Morgan fingerprint density at radius 2 is 2.09 bits per heavy atom. The molecule has 0 saturated heterocycles.